The van der Waals surface area contributed by atoms with Crippen LogP contribution in [0.2, 0.25) is 0 Å². The van der Waals surface area contributed by atoms with Crippen LogP contribution in [-0.4, -0.2) is 38.2 Å². The molecule has 2 rings (SSSR count). The molecular weight excluding hydrogens is 398 g/mol. The van der Waals surface area contributed by atoms with Crippen LogP contribution < -0.4 is 10.0 Å². The maximum Gasteiger partial charge on any atom is 0.408 e. The van der Waals surface area contributed by atoms with Gasteiger partial charge >= 0.3 is 12.1 Å². The van der Waals surface area contributed by atoms with Crippen molar-refractivity contribution in [2.24, 2.45) is 0 Å². The fourth-order valence-electron chi connectivity index (χ4n) is 2.03. The lowest BCUT2D eigenvalue weighted by atomic mass is 10.2. The minimum Gasteiger partial charge on any atom is -0.480 e. The smallest absolute Gasteiger partial charge is 0.408 e. The number of hydrogen-bond donors (Lipinski definition) is 3. The first-order valence-electron chi connectivity index (χ1n) is 7.84. The maximum absolute atomic E-state index is 13.2. The molecule has 0 saturated carbocycles. The molecule has 0 radical (unpaired) electrons. The zero-order valence-electron chi connectivity index (χ0n) is 14.3. The van der Waals surface area contributed by atoms with E-state index in [1.165, 1.54) is 0 Å². The molecule has 2 aromatic rings. The average Bonchev–Trinajstić information content (AvgIpc) is 2.66. The van der Waals surface area contributed by atoms with Gasteiger partial charge in [-0.3, -0.25) is 0 Å². The van der Waals surface area contributed by atoms with E-state index in [0.717, 1.165) is 6.07 Å². The monoisotopic (exact) mass is 414 g/mol. The van der Waals surface area contributed by atoms with E-state index < -0.39 is 51.2 Å². The molecule has 0 aromatic heterocycles. The lowest BCUT2D eigenvalue weighted by Crippen LogP contribution is -2.48. The van der Waals surface area contributed by atoms with Gasteiger partial charge in [-0.1, -0.05) is 30.3 Å². The van der Waals surface area contributed by atoms with E-state index in [1.54, 1.807) is 30.3 Å². The third-order valence-electron chi connectivity index (χ3n) is 3.48. The number of sulfonamides is 1. The molecule has 0 bridgehead atoms. The highest BCUT2D eigenvalue weighted by Gasteiger charge is 2.24. The number of carboxylic acids is 1. The number of aliphatic carboxylic acids is 1. The second-order valence-electron chi connectivity index (χ2n) is 5.52. The molecule has 0 aliphatic carbocycles. The number of alkyl carbamates (subject to hydrolysis) is 1. The summed E-state index contributed by atoms with van der Waals surface area (Å²) in [6.07, 6.45) is -1.07. The summed E-state index contributed by atoms with van der Waals surface area (Å²) in [6, 6.07) is 8.85. The molecule has 0 fully saturated rings. The van der Waals surface area contributed by atoms with E-state index in [9.17, 15) is 26.8 Å². The normalized spacial score (nSPS) is 12.2. The first-order valence-corrected chi connectivity index (χ1v) is 9.32. The second-order valence-corrected chi connectivity index (χ2v) is 7.29. The van der Waals surface area contributed by atoms with Crippen molar-refractivity contribution in [1.82, 2.24) is 10.0 Å². The van der Waals surface area contributed by atoms with Crippen molar-refractivity contribution < 1.29 is 36.6 Å². The number of carbonyl (C=O) groups excluding carboxylic acids is 1. The highest BCUT2D eigenvalue weighted by atomic mass is 32.2. The number of halogens is 2. The molecule has 11 heteroatoms. The summed E-state index contributed by atoms with van der Waals surface area (Å²) in [4.78, 5) is 22.4. The van der Waals surface area contributed by atoms with Crippen molar-refractivity contribution >= 4 is 22.1 Å². The molecule has 1 amide bonds. The van der Waals surface area contributed by atoms with E-state index in [0.29, 0.717) is 17.7 Å². The predicted octanol–water partition coefficient (Wildman–Crippen LogP) is 1.62. The molecule has 1 unspecified atom stereocenters. The van der Waals surface area contributed by atoms with E-state index >= 15 is 0 Å². The quantitative estimate of drug-likeness (QED) is 0.604. The summed E-state index contributed by atoms with van der Waals surface area (Å²) in [6.45, 7) is -0.851. The van der Waals surface area contributed by atoms with Crippen molar-refractivity contribution in [3.8, 4) is 0 Å². The molecule has 0 spiro atoms. The summed E-state index contributed by atoms with van der Waals surface area (Å²) in [7, 11) is -4.33. The van der Waals surface area contributed by atoms with Gasteiger partial charge in [-0.15, -0.1) is 0 Å². The van der Waals surface area contributed by atoms with Crippen LogP contribution in [0.25, 0.3) is 0 Å². The van der Waals surface area contributed by atoms with Gasteiger partial charge in [0.15, 0.2) is 11.6 Å². The van der Waals surface area contributed by atoms with Gasteiger partial charge in [0, 0.05) is 6.54 Å². The molecule has 3 N–H and O–H groups in total. The maximum atomic E-state index is 13.2. The Morgan fingerprint density at radius 3 is 2.36 bits per heavy atom. The summed E-state index contributed by atoms with van der Waals surface area (Å²) in [5.41, 5.74) is 0.670. The second kappa shape index (κ2) is 9.24. The van der Waals surface area contributed by atoms with Crippen molar-refractivity contribution in [2.75, 3.05) is 6.54 Å². The van der Waals surface area contributed by atoms with E-state index in [2.05, 4.69) is 0 Å². The fourth-order valence-corrected chi connectivity index (χ4v) is 3.09. The van der Waals surface area contributed by atoms with Crippen LogP contribution in [0, 0.1) is 11.6 Å². The van der Waals surface area contributed by atoms with Gasteiger partial charge in [0.1, 0.15) is 12.6 Å². The molecule has 0 saturated heterocycles. The summed E-state index contributed by atoms with van der Waals surface area (Å²) in [5.74, 6) is -4.13. The van der Waals surface area contributed by atoms with Crippen LogP contribution >= 0.6 is 0 Å². The molecule has 8 nitrogen and oxygen atoms in total. The summed E-state index contributed by atoms with van der Waals surface area (Å²) < 4.78 is 57.1. The van der Waals surface area contributed by atoms with Gasteiger partial charge in [0.2, 0.25) is 10.0 Å². The largest absolute Gasteiger partial charge is 0.480 e. The SMILES string of the molecule is O=C(NC(CNS(=O)(=O)c1ccc(F)c(F)c1)C(=O)O)OCc1ccccc1. The van der Waals surface area contributed by atoms with Crippen molar-refractivity contribution in [3.63, 3.8) is 0 Å². The van der Waals surface area contributed by atoms with Crippen molar-refractivity contribution in [3.05, 3.63) is 65.7 Å². The fraction of sp³-hybridized carbons (Fsp3) is 0.176. The third-order valence-corrected chi connectivity index (χ3v) is 4.90. The van der Waals surface area contributed by atoms with Crippen LogP contribution in [0.5, 0.6) is 0 Å². The predicted molar refractivity (Wildman–Crippen MR) is 92.7 cm³/mol. The van der Waals surface area contributed by atoms with Crippen molar-refractivity contribution in [1.29, 1.82) is 0 Å². The van der Waals surface area contributed by atoms with Gasteiger partial charge in [-0.05, 0) is 23.8 Å². The van der Waals surface area contributed by atoms with Crippen LogP contribution in [0.4, 0.5) is 13.6 Å². The van der Waals surface area contributed by atoms with Crippen molar-refractivity contribution in [2.45, 2.75) is 17.5 Å². The first kappa shape index (κ1) is 21.3. The Morgan fingerprint density at radius 1 is 1.07 bits per heavy atom. The Bertz CT molecular complexity index is 953. The van der Waals surface area contributed by atoms with Crippen LogP contribution in [-0.2, 0) is 26.2 Å². The van der Waals surface area contributed by atoms with E-state index in [-0.39, 0.29) is 6.61 Å². The summed E-state index contributed by atoms with van der Waals surface area (Å²) >= 11 is 0. The number of benzene rings is 2. The molecular formula is C17H16F2N2O6S. The minimum absolute atomic E-state index is 0.112. The number of rotatable bonds is 8. The highest BCUT2D eigenvalue weighted by molar-refractivity contribution is 7.89. The molecule has 0 aliphatic heterocycles. The Morgan fingerprint density at radius 2 is 1.75 bits per heavy atom. The molecule has 0 aliphatic rings. The number of carbonyl (C=O) groups is 2. The number of ether oxygens (including phenoxy) is 1. The van der Waals surface area contributed by atoms with E-state index in [1.807, 2.05) is 10.0 Å². The molecule has 28 heavy (non-hydrogen) atoms. The Balaban J connectivity index is 1.95. The van der Waals surface area contributed by atoms with Crippen LogP contribution in [0.1, 0.15) is 5.56 Å². The minimum atomic E-state index is -4.33. The average molecular weight is 414 g/mol. The van der Waals surface area contributed by atoms with Crippen LogP contribution in [0.15, 0.2) is 53.4 Å². The number of hydrogen-bond acceptors (Lipinski definition) is 5. The first-order chi connectivity index (χ1) is 13.2. The lowest BCUT2D eigenvalue weighted by Gasteiger charge is -2.15. The van der Waals surface area contributed by atoms with E-state index in [4.69, 9.17) is 9.84 Å². The van der Waals surface area contributed by atoms with Gasteiger partial charge in [0.25, 0.3) is 0 Å². The molecule has 0 heterocycles. The molecule has 2 aromatic carbocycles. The Hall–Kier alpha value is -3.05. The third kappa shape index (κ3) is 5.99. The standard InChI is InChI=1S/C17H16F2N2O6S/c18-13-7-6-12(8-14(13)19)28(25,26)20-9-15(16(22)23)21-17(24)27-10-11-4-2-1-3-5-11/h1-8,15,20H,9-10H2,(H,21,24)(H,22,23). The lowest BCUT2D eigenvalue weighted by molar-refractivity contribution is -0.139. The zero-order valence-corrected chi connectivity index (χ0v) is 15.1. The topological polar surface area (TPSA) is 122 Å². The molecule has 1 atom stereocenters. The van der Waals surface area contributed by atoms with Gasteiger partial charge in [0.05, 0.1) is 4.90 Å². The Kier molecular flexibility index (Phi) is 7.01. The zero-order chi connectivity index (χ0) is 20.7. The van der Waals surface area contributed by atoms with Gasteiger partial charge in [-0.2, -0.15) is 0 Å². The van der Waals surface area contributed by atoms with Gasteiger partial charge in [-0.25, -0.2) is 31.5 Å². The molecule has 150 valence electrons. The highest BCUT2D eigenvalue weighted by Crippen LogP contribution is 2.13. The van der Waals surface area contributed by atoms with Gasteiger partial charge < -0.3 is 15.2 Å². The number of amides is 1. The number of carboxylic acid groups (broad SMARTS) is 1. The summed E-state index contributed by atoms with van der Waals surface area (Å²) in [5, 5.41) is 11.2. The number of nitrogens with one attached hydrogen (secondary N) is 2. The Labute approximate surface area is 159 Å². The van der Waals surface area contributed by atoms with Crippen LogP contribution in [0.3, 0.4) is 0 Å².